The van der Waals surface area contributed by atoms with Gasteiger partial charge in [-0.25, -0.2) is 0 Å². The van der Waals surface area contributed by atoms with Crippen LogP contribution in [0.3, 0.4) is 0 Å². The van der Waals surface area contributed by atoms with Gasteiger partial charge in [0, 0.05) is 20.1 Å². The summed E-state index contributed by atoms with van der Waals surface area (Å²) >= 11 is 9.21. The molecule has 0 saturated carbocycles. The van der Waals surface area contributed by atoms with Gasteiger partial charge in [-0.1, -0.05) is 23.7 Å². The Balaban J connectivity index is 2.21. The molecule has 2 aromatic carbocycles. The first-order valence-corrected chi connectivity index (χ1v) is 7.73. The van der Waals surface area contributed by atoms with Crippen molar-refractivity contribution in [1.82, 2.24) is 0 Å². The van der Waals surface area contributed by atoms with Crippen molar-refractivity contribution in [2.75, 3.05) is 5.73 Å². The van der Waals surface area contributed by atoms with Crippen molar-refractivity contribution in [3.8, 4) is 0 Å². The highest BCUT2D eigenvalue weighted by Gasteiger charge is 2.09. The van der Waals surface area contributed by atoms with Gasteiger partial charge in [0.05, 0.1) is 16.6 Å². The van der Waals surface area contributed by atoms with E-state index in [1.54, 1.807) is 30.3 Å². The van der Waals surface area contributed by atoms with Crippen LogP contribution in [0.5, 0.6) is 0 Å². The van der Waals surface area contributed by atoms with E-state index < -0.39 is 10.8 Å². The van der Waals surface area contributed by atoms with Crippen LogP contribution in [0.15, 0.2) is 51.8 Å². The van der Waals surface area contributed by atoms with Crippen molar-refractivity contribution < 1.29 is 4.21 Å². The SMILES string of the molecule is Nc1cccc(CS(=O)c2ccc(Cl)cc2)c1Br. The Morgan fingerprint density at radius 3 is 2.50 bits per heavy atom. The number of rotatable bonds is 3. The van der Waals surface area contributed by atoms with Crippen molar-refractivity contribution in [3.63, 3.8) is 0 Å². The number of hydrogen-bond donors (Lipinski definition) is 1. The summed E-state index contributed by atoms with van der Waals surface area (Å²) in [5.41, 5.74) is 7.38. The van der Waals surface area contributed by atoms with Gasteiger partial charge in [0.2, 0.25) is 0 Å². The third kappa shape index (κ3) is 3.13. The Morgan fingerprint density at radius 2 is 1.83 bits per heavy atom. The summed E-state index contributed by atoms with van der Waals surface area (Å²) in [4.78, 5) is 0.758. The van der Waals surface area contributed by atoms with Gasteiger partial charge in [-0.05, 0) is 51.8 Å². The van der Waals surface area contributed by atoms with Gasteiger partial charge in [-0.2, -0.15) is 0 Å². The van der Waals surface area contributed by atoms with Crippen LogP contribution in [0.2, 0.25) is 5.02 Å². The van der Waals surface area contributed by atoms with E-state index in [0.717, 1.165) is 14.9 Å². The topological polar surface area (TPSA) is 43.1 Å². The molecule has 1 atom stereocenters. The Labute approximate surface area is 122 Å². The molecule has 5 heteroatoms. The van der Waals surface area contributed by atoms with Gasteiger partial charge in [0.15, 0.2) is 0 Å². The molecule has 18 heavy (non-hydrogen) atoms. The molecule has 0 aromatic heterocycles. The minimum Gasteiger partial charge on any atom is -0.398 e. The monoisotopic (exact) mass is 343 g/mol. The van der Waals surface area contributed by atoms with Crippen LogP contribution in [0.1, 0.15) is 5.56 Å². The Hall–Kier alpha value is -0.840. The largest absolute Gasteiger partial charge is 0.398 e. The summed E-state index contributed by atoms with van der Waals surface area (Å²) < 4.78 is 13.0. The Morgan fingerprint density at radius 1 is 1.17 bits per heavy atom. The number of hydrogen-bond acceptors (Lipinski definition) is 2. The van der Waals surface area contributed by atoms with Crippen LogP contribution in [-0.4, -0.2) is 4.21 Å². The molecule has 0 aliphatic carbocycles. The molecule has 2 aromatic rings. The highest BCUT2D eigenvalue weighted by atomic mass is 79.9. The zero-order chi connectivity index (χ0) is 13.1. The van der Waals surface area contributed by atoms with E-state index in [-0.39, 0.29) is 0 Å². The first-order chi connectivity index (χ1) is 8.58. The maximum atomic E-state index is 12.2. The normalized spacial score (nSPS) is 12.3. The van der Waals surface area contributed by atoms with Crippen LogP contribution in [0, 0.1) is 0 Å². The molecule has 0 saturated heterocycles. The number of anilines is 1. The second kappa shape index (κ2) is 5.87. The van der Waals surface area contributed by atoms with Crippen LogP contribution in [-0.2, 0) is 16.6 Å². The summed E-state index contributed by atoms with van der Waals surface area (Å²) in [5.74, 6) is 0.424. The maximum Gasteiger partial charge on any atom is 0.0574 e. The lowest BCUT2D eigenvalue weighted by Crippen LogP contribution is -1.99. The molecule has 2 N–H and O–H groups in total. The summed E-state index contributed by atoms with van der Waals surface area (Å²) in [5, 5.41) is 0.640. The average Bonchev–Trinajstić information content (AvgIpc) is 2.36. The predicted molar refractivity (Wildman–Crippen MR) is 80.1 cm³/mol. The summed E-state index contributed by atoms with van der Waals surface area (Å²) in [7, 11) is -1.11. The molecule has 2 rings (SSSR count). The molecule has 0 fully saturated rings. The van der Waals surface area contributed by atoms with E-state index in [0.29, 0.717) is 16.5 Å². The Kier molecular flexibility index (Phi) is 4.43. The third-order valence-electron chi connectivity index (χ3n) is 2.47. The lowest BCUT2D eigenvalue weighted by molar-refractivity contribution is 0.682. The molecule has 94 valence electrons. The smallest absolute Gasteiger partial charge is 0.0574 e. The van der Waals surface area contributed by atoms with Crippen molar-refractivity contribution in [1.29, 1.82) is 0 Å². The fourth-order valence-electron chi connectivity index (χ4n) is 1.52. The van der Waals surface area contributed by atoms with Gasteiger partial charge in [0.1, 0.15) is 0 Å². The summed E-state index contributed by atoms with van der Waals surface area (Å²) in [6.45, 7) is 0. The molecule has 0 spiro atoms. The Bertz CT molecular complexity index is 586. The van der Waals surface area contributed by atoms with Gasteiger partial charge in [0.25, 0.3) is 0 Å². The third-order valence-corrected chi connectivity index (χ3v) is 5.06. The second-order valence-electron chi connectivity index (χ2n) is 3.76. The number of halogens is 2. The molecule has 2 nitrogen and oxygen atoms in total. The zero-order valence-corrected chi connectivity index (χ0v) is 12.6. The molecule has 0 heterocycles. The van der Waals surface area contributed by atoms with Crippen molar-refractivity contribution in [2.45, 2.75) is 10.6 Å². The fourth-order valence-corrected chi connectivity index (χ4v) is 3.37. The average molecular weight is 345 g/mol. The van der Waals surface area contributed by atoms with E-state index in [4.69, 9.17) is 17.3 Å². The molecule has 0 amide bonds. The number of nitrogens with two attached hydrogens (primary N) is 1. The number of benzene rings is 2. The molecule has 1 unspecified atom stereocenters. The van der Waals surface area contributed by atoms with Gasteiger partial charge >= 0.3 is 0 Å². The van der Waals surface area contributed by atoms with E-state index >= 15 is 0 Å². The minimum absolute atomic E-state index is 0.424. The summed E-state index contributed by atoms with van der Waals surface area (Å²) in [6.07, 6.45) is 0. The lowest BCUT2D eigenvalue weighted by Gasteiger charge is -2.07. The van der Waals surface area contributed by atoms with Crippen molar-refractivity contribution in [3.05, 3.63) is 57.5 Å². The molecule has 0 bridgehead atoms. The van der Waals surface area contributed by atoms with Gasteiger partial charge in [-0.3, -0.25) is 4.21 Å². The molecule has 0 radical (unpaired) electrons. The fraction of sp³-hybridized carbons (Fsp3) is 0.0769. The van der Waals surface area contributed by atoms with Crippen molar-refractivity contribution in [2.24, 2.45) is 0 Å². The number of nitrogen functional groups attached to an aromatic ring is 1. The van der Waals surface area contributed by atoms with Crippen LogP contribution in [0.4, 0.5) is 5.69 Å². The standard InChI is InChI=1S/C13H11BrClNOS/c14-13-9(2-1-3-12(13)16)8-18(17)11-6-4-10(15)5-7-11/h1-7H,8,16H2. The first kappa shape index (κ1) is 13.6. The van der Waals surface area contributed by atoms with Gasteiger partial charge < -0.3 is 5.73 Å². The highest BCUT2D eigenvalue weighted by molar-refractivity contribution is 9.10. The minimum atomic E-state index is -1.11. The quantitative estimate of drug-likeness (QED) is 0.855. The molecular formula is C13H11BrClNOS. The van der Waals surface area contributed by atoms with Crippen LogP contribution < -0.4 is 5.73 Å². The molecular weight excluding hydrogens is 334 g/mol. The highest BCUT2D eigenvalue weighted by Crippen LogP contribution is 2.26. The lowest BCUT2D eigenvalue weighted by atomic mass is 10.2. The maximum absolute atomic E-state index is 12.2. The van der Waals surface area contributed by atoms with E-state index in [1.165, 1.54) is 0 Å². The molecule has 0 aliphatic rings. The van der Waals surface area contributed by atoms with Crippen LogP contribution in [0.25, 0.3) is 0 Å². The second-order valence-corrected chi connectivity index (χ2v) is 6.44. The van der Waals surface area contributed by atoms with Gasteiger partial charge in [-0.15, -0.1) is 0 Å². The van der Waals surface area contributed by atoms with E-state index in [9.17, 15) is 4.21 Å². The van der Waals surface area contributed by atoms with Crippen LogP contribution >= 0.6 is 27.5 Å². The predicted octanol–water partition coefficient (Wildman–Crippen LogP) is 3.99. The molecule has 0 aliphatic heterocycles. The van der Waals surface area contributed by atoms with E-state index in [1.807, 2.05) is 12.1 Å². The van der Waals surface area contributed by atoms with E-state index in [2.05, 4.69) is 15.9 Å². The summed E-state index contributed by atoms with van der Waals surface area (Å²) in [6, 6.07) is 12.6. The van der Waals surface area contributed by atoms with Crippen molar-refractivity contribution >= 4 is 44.0 Å². The first-order valence-electron chi connectivity index (χ1n) is 5.25. The zero-order valence-electron chi connectivity index (χ0n) is 9.40.